The highest BCUT2D eigenvalue weighted by atomic mass is 79.9. The molecule has 2 rings (SSSR count). The van der Waals surface area contributed by atoms with Crippen molar-refractivity contribution in [3.8, 4) is 11.8 Å². The fourth-order valence-electron chi connectivity index (χ4n) is 1.63. The molecule has 0 saturated carbocycles. The van der Waals surface area contributed by atoms with E-state index in [9.17, 15) is 14.5 Å². The van der Waals surface area contributed by atoms with Crippen LogP contribution in [-0.4, -0.2) is 4.92 Å². The zero-order chi connectivity index (χ0) is 15.4. The normalized spacial score (nSPS) is 9.95. The van der Waals surface area contributed by atoms with Gasteiger partial charge in [0.25, 0.3) is 5.69 Å². The fraction of sp³-hybridized carbons (Fsp3) is 0.0714. The maximum atomic E-state index is 13.6. The van der Waals surface area contributed by atoms with Crippen molar-refractivity contribution in [1.29, 1.82) is 5.26 Å². The second-order valence-corrected chi connectivity index (χ2v) is 4.93. The van der Waals surface area contributed by atoms with Gasteiger partial charge in [-0.05, 0) is 40.2 Å². The van der Waals surface area contributed by atoms with E-state index in [1.807, 2.05) is 6.07 Å². The molecular weight excluding hydrogens is 343 g/mol. The van der Waals surface area contributed by atoms with Crippen molar-refractivity contribution in [3.63, 3.8) is 0 Å². The van der Waals surface area contributed by atoms with Gasteiger partial charge in [-0.25, -0.2) is 4.39 Å². The van der Waals surface area contributed by atoms with Crippen molar-refractivity contribution in [2.75, 3.05) is 0 Å². The third-order valence-electron chi connectivity index (χ3n) is 2.68. The molecule has 2 aromatic carbocycles. The highest BCUT2D eigenvalue weighted by Gasteiger charge is 2.12. The predicted octanol–water partition coefficient (Wildman–Crippen LogP) is 3.95. The van der Waals surface area contributed by atoms with Gasteiger partial charge < -0.3 is 4.74 Å². The molecule has 0 N–H and O–H groups in total. The lowest BCUT2D eigenvalue weighted by atomic mass is 10.1. The summed E-state index contributed by atoms with van der Waals surface area (Å²) in [6.07, 6.45) is 0. The Morgan fingerprint density at radius 3 is 2.76 bits per heavy atom. The van der Waals surface area contributed by atoms with E-state index in [4.69, 9.17) is 10.00 Å². The van der Waals surface area contributed by atoms with Gasteiger partial charge in [0.2, 0.25) is 0 Å². The number of ether oxygens (including phenoxy) is 1. The first kappa shape index (κ1) is 14.9. The first-order valence-electron chi connectivity index (χ1n) is 5.76. The molecule has 106 valence electrons. The van der Waals surface area contributed by atoms with E-state index >= 15 is 0 Å². The molecule has 0 heterocycles. The molecule has 0 amide bonds. The average molecular weight is 351 g/mol. The van der Waals surface area contributed by atoms with Crippen LogP contribution < -0.4 is 4.74 Å². The van der Waals surface area contributed by atoms with Crippen LogP contribution in [0.1, 0.15) is 11.1 Å². The van der Waals surface area contributed by atoms with Crippen LogP contribution in [-0.2, 0) is 6.61 Å². The monoisotopic (exact) mass is 350 g/mol. The van der Waals surface area contributed by atoms with Crippen molar-refractivity contribution in [2.45, 2.75) is 6.61 Å². The summed E-state index contributed by atoms with van der Waals surface area (Å²) < 4.78 is 19.5. The van der Waals surface area contributed by atoms with Gasteiger partial charge in [0, 0.05) is 11.6 Å². The first-order valence-corrected chi connectivity index (χ1v) is 6.56. The van der Waals surface area contributed by atoms with E-state index in [2.05, 4.69) is 15.9 Å². The molecule has 0 saturated heterocycles. The van der Waals surface area contributed by atoms with Crippen LogP contribution in [0.4, 0.5) is 10.1 Å². The SMILES string of the molecule is N#Cc1ccc(F)c(COc2cc([N+](=O)[O-])ccc2Br)c1. The van der Waals surface area contributed by atoms with Crippen molar-refractivity contribution >= 4 is 21.6 Å². The van der Waals surface area contributed by atoms with Gasteiger partial charge in [-0.2, -0.15) is 5.26 Å². The Morgan fingerprint density at radius 2 is 2.10 bits per heavy atom. The summed E-state index contributed by atoms with van der Waals surface area (Å²) in [5.74, 6) is -0.276. The molecule has 5 nitrogen and oxygen atoms in total. The number of nitro benzene ring substituents is 1. The largest absolute Gasteiger partial charge is 0.487 e. The van der Waals surface area contributed by atoms with Crippen LogP contribution in [0.15, 0.2) is 40.9 Å². The van der Waals surface area contributed by atoms with Crippen LogP contribution in [0.5, 0.6) is 5.75 Å². The maximum Gasteiger partial charge on any atom is 0.273 e. The zero-order valence-corrected chi connectivity index (χ0v) is 12.1. The first-order chi connectivity index (χ1) is 10.0. The lowest BCUT2D eigenvalue weighted by Gasteiger charge is -2.09. The standard InChI is InChI=1S/C14H8BrFN2O3/c15-12-3-2-11(18(19)20)6-14(12)21-8-10-5-9(7-17)1-4-13(10)16/h1-6H,8H2. The fourth-order valence-corrected chi connectivity index (χ4v) is 1.99. The van der Waals surface area contributed by atoms with Crippen LogP contribution in [0.2, 0.25) is 0 Å². The van der Waals surface area contributed by atoms with Crippen molar-refractivity contribution in [2.24, 2.45) is 0 Å². The van der Waals surface area contributed by atoms with Crippen LogP contribution in [0.25, 0.3) is 0 Å². The lowest BCUT2D eigenvalue weighted by Crippen LogP contribution is -2.00. The molecule has 2 aromatic rings. The predicted molar refractivity (Wildman–Crippen MR) is 76.2 cm³/mol. The molecule has 0 aliphatic heterocycles. The molecule has 0 spiro atoms. The van der Waals surface area contributed by atoms with Crippen LogP contribution in [0.3, 0.4) is 0 Å². The summed E-state index contributed by atoms with van der Waals surface area (Å²) in [5, 5.41) is 19.5. The number of benzene rings is 2. The average Bonchev–Trinajstić information content (AvgIpc) is 2.47. The second-order valence-electron chi connectivity index (χ2n) is 4.08. The Balaban J connectivity index is 2.22. The quantitative estimate of drug-likeness (QED) is 0.617. The number of halogens is 2. The molecule has 0 radical (unpaired) electrons. The number of nitrogens with zero attached hydrogens (tertiary/aromatic N) is 2. The van der Waals surface area contributed by atoms with Gasteiger partial charge in [-0.15, -0.1) is 0 Å². The summed E-state index contributed by atoms with van der Waals surface area (Å²) in [5.41, 5.74) is 0.389. The van der Waals surface area contributed by atoms with Gasteiger partial charge in [-0.3, -0.25) is 10.1 Å². The van der Waals surface area contributed by atoms with Crippen molar-refractivity contribution in [3.05, 3.63) is 67.9 Å². The lowest BCUT2D eigenvalue weighted by molar-refractivity contribution is -0.385. The molecule has 0 unspecified atom stereocenters. The number of rotatable bonds is 4. The third-order valence-corrected chi connectivity index (χ3v) is 3.34. The zero-order valence-electron chi connectivity index (χ0n) is 10.5. The summed E-state index contributed by atoms with van der Waals surface area (Å²) in [6, 6.07) is 9.88. The minimum atomic E-state index is -0.545. The van der Waals surface area contributed by atoms with Crippen molar-refractivity contribution in [1.82, 2.24) is 0 Å². The van der Waals surface area contributed by atoms with E-state index in [0.29, 0.717) is 10.0 Å². The Bertz CT molecular complexity index is 743. The van der Waals surface area contributed by atoms with Crippen molar-refractivity contribution < 1.29 is 14.1 Å². The smallest absolute Gasteiger partial charge is 0.273 e. The minimum absolute atomic E-state index is 0.126. The third kappa shape index (κ3) is 3.55. The highest BCUT2D eigenvalue weighted by molar-refractivity contribution is 9.10. The Hall–Kier alpha value is -2.46. The molecule has 0 aliphatic rings. The highest BCUT2D eigenvalue weighted by Crippen LogP contribution is 2.30. The number of hydrogen-bond donors (Lipinski definition) is 0. The van der Waals surface area contributed by atoms with Gasteiger partial charge in [0.1, 0.15) is 18.2 Å². The Labute approximate surface area is 127 Å². The van der Waals surface area contributed by atoms with Gasteiger partial charge >= 0.3 is 0 Å². The summed E-state index contributed by atoms with van der Waals surface area (Å²) in [7, 11) is 0. The van der Waals surface area contributed by atoms with E-state index in [-0.39, 0.29) is 23.6 Å². The number of nitro groups is 1. The maximum absolute atomic E-state index is 13.6. The Kier molecular flexibility index (Phi) is 4.50. The number of non-ortho nitro benzene ring substituents is 1. The number of nitriles is 1. The molecule has 21 heavy (non-hydrogen) atoms. The van der Waals surface area contributed by atoms with Crippen LogP contribution >= 0.6 is 15.9 Å². The minimum Gasteiger partial charge on any atom is -0.487 e. The van der Waals surface area contributed by atoms with Gasteiger partial charge in [0.15, 0.2) is 0 Å². The summed E-state index contributed by atoms with van der Waals surface area (Å²) in [4.78, 5) is 10.2. The summed E-state index contributed by atoms with van der Waals surface area (Å²) >= 11 is 3.21. The van der Waals surface area contributed by atoms with E-state index in [0.717, 1.165) is 0 Å². The molecular formula is C14H8BrFN2O3. The van der Waals surface area contributed by atoms with E-state index in [1.165, 1.54) is 36.4 Å². The second kappa shape index (κ2) is 6.33. The van der Waals surface area contributed by atoms with E-state index < -0.39 is 10.7 Å². The van der Waals surface area contributed by atoms with E-state index in [1.54, 1.807) is 0 Å². The topological polar surface area (TPSA) is 76.2 Å². The molecule has 0 bridgehead atoms. The molecule has 0 atom stereocenters. The molecule has 0 aromatic heterocycles. The number of hydrogen-bond acceptors (Lipinski definition) is 4. The summed E-state index contributed by atoms with van der Waals surface area (Å²) in [6.45, 7) is -0.138. The Morgan fingerprint density at radius 1 is 1.33 bits per heavy atom. The van der Waals surface area contributed by atoms with Crippen LogP contribution in [0, 0.1) is 27.3 Å². The molecule has 0 aliphatic carbocycles. The molecule has 7 heteroatoms. The van der Waals surface area contributed by atoms with Gasteiger partial charge in [0.05, 0.1) is 27.1 Å². The molecule has 0 fully saturated rings. The van der Waals surface area contributed by atoms with Gasteiger partial charge in [-0.1, -0.05) is 0 Å².